The molecule has 0 radical (unpaired) electrons. The summed E-state index contributed by atoms with van der Waals surface area (Å²) in [5, 5.41) is 0. The minimum absolute atomic E-state index is 0.0840. The summed E-state index contributed by atoms with van der Waals surface area (Å²) in [6.07, 6.45) is 8.51. The van der Waals surface area contributed by atoms with Crippen LogP contribution in [0.4, 0.5) is 0 Å². The van der Waals surface area contributed by atoms with Crippen molar-refractivity contribution in [2.75, 3.05) is 18.6 Å². The van der Waals surface area contributed by atoms with Crippen molar-refractivity contribution in [1.29, 1.82) is 0 Å². The zero-order valence-electron chi connectivity index (χ0n) is 8.41. The Balaban J connectivity index is 3.21. The third-order valence-electron chi connectivity index (χ3n) is 1.46. The second-order valence-electron chi connectivity index (χ2n) is 2.63. The number of carbonyl (C=O) groups is 1. The lowest BCUT2D eigenvalue weighted by Gasteiger charge is -2.01. The van der Waals surface area contributed by atoms with Crippen molar-refractivity contribution < 1.29 is 9.53 Å². The predicted octanol–water partition coefficient (Wildman–Crippen LogP) is 2.64. The van der Waals surface area contributed by atoms with Gasteiger partial charge in [0.15, 0.2) is 0 Å². The smallest absolute Gasteiger partial charge is 0.306 e. The van der Waals surface area contributed by atoms with Gasteiger partial charge in [0.05, 0.1) is 13.0 Å². The molecule has 0 unspecified atom stereocenters. The Labute approximate surface area is 84.7 Å². The lowest BCUT2D eigenvalue weighted by molar-refractivity contribution is -0.142. The van der Waals surface area contributed by atoms with Crippen LogP contribution in [0.2, 0.25) is 0 Å². The molecule has 0 rings (SSSR count). The lowest BCUT2D eigenvalue weighted by atomic mass is 10.3. The highest BCUT2D eigenvalue weighted by molar-refractivity contribution is 7.98. The van der Waals surface area contributed by atoms with Crippen LogP contribution in [0.15, 0.2) is 12.2 Å². The Morgan fingerprint density at radius 1 is 1.46 bits per heavy atom. The molecule has 0 N–H and O–H groups in total. The monoisotopic (exact) mass is 202 g/mol. The van der Waals surface area contributed by atoms with Crippen LogP contribution in [0.1, 0.15) is 26.2 Å². The van der Waals surface area contributed by atoms with Gasteiger partial charge in [0.2, 0.25) is 0 Å². The summed E-state index contributed by atoms with van der Waals surface area (Å²) in [6.45, 7) is 2.60. The fraction of sp³-hybridized carbons (Fsp3) is 0.700. The first-order valence-corrected chi connectivity index (χ1v) is 6.00. The summed E-state index contributed by atoms with van der Waals surface area (Å²) >= 11 is 1.66. The van der Waals surface area contributed by atoms with E-state index in [-0.39, 0.29) is 5.97 Å². The normalized spacial score (nSPS) is 10.6. The minimum atomic E-state index is -0.0840. The molecule has 76 valence electrons. The van der Waals surface area contributed by atoms with E-state index in [4.69, 9.17) is 4.74 Å². The second kappa shape index (κ2) is 9.65. The van der Waals surface area contributed by atoms with Gasteiger partial charge in [-0.2, -0.15) is 11.8 Å². The molecule has 0 aromatic rings. The van der Waals surface area contributed by atoms with E-state index >= 15 is 0 Å². The largest absolute Gasteiger partial charge is 0.465 e. The highest BCUT2D eigenvalue weighted by Gasteiger charge is 1.99. The number of hydrogen-bond acceptors (Lipinski definition) is 3. The molecule has 0 aliphatic carbocycles. The van der Waals surface area contributed by atoms with E-state index in [1.807, 2.05) is 12.3 Å². The minimum Gasteiger partial charge on any atom is -0.465 e. The first-order valence-electron chi connectivity index (χ1n) is 4.60. The molecule has 0 saturated carbocycles. The second-order valence-corrected chi connectivity index (χ2v) is 3.62. The Hall–Kier alpha value is -0.440. The Morgan fingerprint density at radius 2 is 2.23 bits per heavy atom. The van der Waals surface area contributed by atoms with Gasteiger partial charge >= 0.3 is 5.97 Å². The van der Waals surface area contributed by atoms with E-state index in [0.717, 1.165) is 18.6 Å². The van der Waals surface area contributed by atoms with Crippen molar-refractivity contribution in [1.82, 2.24) is 0 Å². The van der Waals surface area contributed by atoms with Gasteiger partial charge in [0, 0.05) is 5.75 Å². The van der Waals surface area contributed by atoms with Crippen molar-refractivity contribution >= 4 is 17.7 Å². The number of ether oxygens (including phenoxy) is 1. The van der Waals surface area contributed by atoms with Crippen LogP contribution in [-0.4, -0.2) is 24.6 Å². The van der Waals surface area contributed by atoms with E-state index in [2.05, 4.69) is 13.0 Å². The highest BCUT2D eigenvalue weighted by Crippen LogP contribution is 1.98. The van der Waals surface area contributed by atoms with E-state index in [9.17, 15) is 4.79 Å². The van der Waals surface area contributed by atoms with Crippen molar-refractivity contribution in [2.24, 2.45) is 0 Å². The Kier molecular flexibility index (Phi) is 9.32. The van der Waals surface area contributed by atoms with E-state index < -0.39 is 0 Å². The molecular weight excluding hydrogens is 184 g/mol. The molecule has 0 aromatic heterocycles. The summed E-state index contributed by atoms with van der Waals surface area (Å²) in [4.78, 5) is 11.0. The van der Waals surface area contributed by atoms with Gasteiger partial charge in [-0.1, -0.05) is 19.1 Å². The van der Waals surface area contributed by atoms with Gasteiger partial charge < -0.3 is 4.74 Å². The maximum Gasteiger partial charge on any atom is 0.306 e. The van der Waals surface area contributed by atoms with Crippen LogP contribution in [0.25, 0.3) is 0 Å². The maximum absolute atomic E-state index is 11.0. The summed E-state index contributed by atoms with van der Waals surface area (Å²) < 4.78 is 4.99. The van der Waals surface area contributed by atoms with Gasteiger partial charge in [-0.05, 0) is 19.1 Å². The Bertz CT molecular complexity index is 155. The van der Waals surface area contributed by atoms with Crippen LogP contribution < -0.4 is 0 Å². The van der Waals surface area contributed by atoms with Crippen LogP contribution in [0.5, 0.6) is 0 Å². The lowest BCUT2D eigenvalue weighted by Crippen LogP contribution is -2.05. The van der Waals surface area contributed by atoms with E-state index in [0.29, 0.717) is 13.0 Å². The molecule has 13 heavy (non-hydrogen) atoms. The molecular formula is C10H18O2S. The fourth-order valence-electron chi connectivity index (χ4n) is 0.783. The average molecular weight is 202 g/mol. The molecule has 0 fully saturated rings. The van der Waals surface area contributed by atoms with Crippen molar-refractivity contribution in [2.45, 2.75) is 26.2 Å². The zero-order valence-corrected chi connectivity index (χ0v) is 9.23. The molecule has 0 bridgehead atoms. The summed E-state index contributed by atoms with van der Waals surface area (Å²) in [7, 11) is 0. The topological polar surface area (TPSA) is 26.3 Å². The first-order chi connectivity index (χ1) is 6.31. The zero-order chi connectivity index (χ0) is 9.94. The highest BCUT2D eigenvalue weighted by atomic mass is 32.2. The average Bonchev–Trinajstić information content (AvgIpc) is 2.14. The van der Waals surface area contributed by atoms with Crippen LogP contribution in [0.3, 0.4) is 0 Å². The third kappa shape index (κ3) is 9.47. The van der Waals surface area contributed by atoms with E-state index in [1.165, 1.54) is 0 Å². The van der Waals surface area contributed by atoms with Crippen molar-refractivity contribution in [3.05, 3.63) is 12.2 Å². The van der Waals surface area contributed by atoms with Gasteiger partial charge in [-0.25, -0.2) is 0 Å². The quantitative estimate of drug-likeness (QED) is 0.360. The van der Waals surface area contributed by atoms with Crippen LogP contribution >= 0.6 is 11.8 Å². The van der Waals surface area contributed by atoms with E-state index in [1.54, 1.807) is 11.8 Å². The van der Waals surface area contributed by atoms with Gasteiger partial charge in [-0.15, -0.1) is 0 Å². The molecule has 0 atom stereocenters. The van der Waals surface area contributed by atoms with Gasteiger partial charge in [-0.3, -0.25) is 4.79 Å². The molecule has 0 saturated heterocycles. The summed E-state index contributed by atoms with van der Waals surface area (Å²) in [5.74, 6) is 0.767. The molecule has 0 aliphatic rings. The van der Waals surface area contributed by atoms with Crippen LogP contribution in [0, 0.1) is 0 Å². The van der Waals surface area contributed by atoms with Gasteiger partial charge in [0.25, 0.3) is 0 Å². The molecule has 0 aliphatic heterocycles. The number of esters is 1. The van der Waals surface area contributed by atoms with Crippen LogP contribution in [-0.2, 0) is 9.53 Å². The standard InChI is InChI=1S/C10H18O2S/c1-3-4-5-6-8-12-10(11)7-9-13-2/h4-5H,3,6-9H2,1-2H3/b5-4-. The number of carbonyl (C=O) groups excluding carboxylic acids is 1. The summed E-state index contributed by atoms with van der Waals surface area (Å²) in [5.41, 5.74) is 0. The first kappa shape index (κ1) is 12.6. The number of rotatable bonds is 7. The molecule has 0 heterocycles. The number of thioether (sulfide) groups is 1. The molecule has 2 nitrogen and oxygen atoms in total. The molecule has 0 aromatic carbocycles. The molecule has 0 amide bonds. The maximum atomic E-state index is 11.0. The molecule has 3 heteroatoms. The van der Waals surface area contributed by atoms with Crippen molar-refractivity contribution in [3.8, 4) is 0 Å². The third-order valence-corrected chi connectivity index (χ3v) is 2.07. The SMILES string of the molecule is CC/C=C\CCOC(=O)CCSC. The number of allylic oxidation sites excluding steroid dienone is 1. The Morgan fingerprint density at radius 3 is 2.85 bits per heavy atom. The summed E-state index contributed by atoms with van der Waals surface area (Å²) in [6, 6.07) is 0. The fourth-order valence-corrected chi connectivity index (χ4v) is 1.15. The van der Waals surface area contributed by atoms with Gasteiger partial charge in [0.1, 0.15) is 0 Å². The van der Waals surface area contributed by atoms with Crippen molar-refractivity contribution in [3.63, 3.8) is 0 Å². The number of hydrogen-bond donors (Lipinski definition) is 0. The predicted molar refractivity (Wildman–Crippen MR) is 58.0 cm³/mol. The molecule has 0 spiro atoms.